The van der Waals surface area contributed by atoms with Gasteiger partial charge in [0, 0.05) is 9.79 Å². The van der Waals surface area contributed by atoms with Crippen LogP contribution in [0.2, 0.25) is 0 Å². The zero-order valence-corrected chi connectivity index (χ0v) is 10.7. The van der Waals surface area contributed by atoms with Gasteiger partial charge in [-0.3, -0.25) is 0 Å². The molecular formula is C15H13NOS. The largest absolute Gasteiger partial charge is 0.392 e. The molecular weight excluding hydrogens is 242 g/mol. The van der Waals surface area contributed by atoms with Gasteiger partial charge in [-0.25, -0.2) is 0 Å². The summed E-state index contributed by atoms with van der Waals surface area (Å²) < 4.78 is 0. The SMILES string of the molecule is N#CCc1ccccc1Sc1ccccc1CO. The average Bonchev–Trinajstić information content (AvgIpc) is 2.42. The number of hydrogen-bond donors (Lipinski definition) is 1. The van der Waals surface area contributed by atoms with Crippen LogP contribution in [0, 0.1) is 11.3 Å². The summed E-state index contributed by atoms with van der Waals surface area (Å²) in [6, 6.07) is 17.8. The van der Waals surface area contributed by atoms with Crippen LogP contribution in [-0.2, 0) is 13.0 Å². The lowest BCUT2D eigenvalue weighted by molar-refractivity contribution is 0.279. The highest BCUT2D eigenvalue weighted by Crippen LogP contribution is 2.32. The number of rotatable bonds is 4. The molecule has 0 aliphatic rings. The van der Waals surface area contributed by atoms with Crippen molar-refractivity contribution >= 4 is 11.8 Å². The van der Waals surface area contributed by atoms with Crippen LogP contribution >= 0.6 is 11.8 Å². The fourth-order valence-electron chi connectivity index (χ4n) is 1.69. The summed E-state index contributed by atoms with van der Waals surface area (Å²) in [7, 11) is 0. The van der Waals surface area contributed by atoms with E-state index in [2.05, 4.69) is 6.07 Å². The van der Waals surface area contributed by atoms with E-state index in [-0.39, 0.29) is 6.61 Å². The Morgan fingerprint density at radius 3 is 2.11 bits per heavy atom. The van der Waals surface area contributed by atoms with Gasteiger partial charge in [-0.1, -0.05) is 48.2 Å². The van der Waals surface area contributed by atoms with Gasteiger partial charge in [-0.2, -0.15) is 5.26 Å². The van der Waals surface area contributed by atoms with Crippen LogP contribution in [0.4, 0.5) is 0 Å². The van der Waals surface area contributed by atoms with E-state index in [1.54, 1.807) is 11.8 Å². The Morgan fingerprint density at radius 2 is 1.50 bits per heavy atom. The molecule has 0 radical (unpaired) electrons. The topological polar surface area (TPSA) is 44.0 Å². The average molecular weight is 255 g/mol. The van der Waals surface area contributed by atoms with E-state index in [1.165, 1.54) is 0 Å². The fraction of sp³-hybridized carbons (Fsp3) is 0.133. The summed E-state index contributed by atoms with van der Waals surface area (Å²) in [6.07, 6.45) is 0.407. The number of hydrogen-bond acceptors (Lipinski definition) is 3. The third kappa shape index (κ3) is 2.92. The Labute approximate surface area is 111 Å². The van der Waals surface area contributed by atoms with Gasteiger partial charge in [0.25, 0.3) is 0 Å². The van der Waals surface area contributed by atoms with E-state index in [0.717, 1.165) is 20.9 Å². The molecule has 0 spiro atoms. The summed E-state index contributed by atoms with van der Waals surface area (Å²) >= 11 is 1.59. The van der Waals surface area contributed by atoms with E-state index in [0.29, 0.717) is 6.42 Å². The van der Waals surface area contributed by atoms with Crippen molar-refractivity contribution in [3.63, 3.8) is 0 Å². The number of benzene rings is 2. The summed E-state index contributed by atoms with van der Waals surface area (Å²) in [5, 5.41) is 18.1. The lowest BCUT2D eigenvalue weighted by Crippen LogP contribution is -1.89. The van der Waals surface area contributed by atoms with Crippen LogP contribution in [0.15, 0.2) is 58.3 Å². The van der Waals surface area contributed by atoms with Crippen LogP contribution in [0.25, 0.3) is 0 Å². The maximum atomic E-state index is 9.30. The molecule has 0 aliphatic carbocycles. The van der Waals surface area contributed by atoms with Gasteiger partial charge in [-0.15, -0.1) is 0 Å². The fourth-order valence-corrected chi connectivity index (χ4v) is 2.75. The standard InChI is InChI=1S/C15H13NOS/c16-10-9-12-5-1-3-7-14(12)18-15-8-4-2-6-13(15)11-17/h1-8,17H,9,11H2. The zero-order valence-electron chi connectivity index (χ0n) is 9.84. The molecule has 2 aromatic rings. The lowest BCUT2D eigenvalue weighted by Gasteiger charge is -2.09. The van der Waals surface area contributed by atoms with Crippen LogP contribution in [0.3, 0.4) is 0 Å². The molecule has 0 aliphatic heterocycles. The van der Waals surface area contributed by atoms with Gasteiger partial charge >= 0.3 is 0 Å². The third-order valence-electron chi connectivity index (χ3n) is 2.60. The van der Waals surface area contributed by atoms with E-state index in [4.69, 9.17) is 5.26 Å². The molecule has 0 heterocycles. The van der Waals surface area contributed by atoms with Crippen LogP contribution < -0.4 is 0 Å². The maximum absolute atomic E-state index is 9.30. The molecule has 3 heteroatoms. The quantitative estimate of drug-likeness (QED) is 0.910. The van der Waals surface area contributed by atoms with Gasteiger partial charge in [0.1, 0.15) is 0 Å². The molecule has 2 aromatic carbocycles. The molecule has 0 saturated heterocycles. The van der Waals surface area contributed by atoms with E-state index in [1.807, 2.05) is 48.5 Å². The Bertz CT molecular complexity index is 575. The summed E-state index contributed by atoms with van der Waals surface area (Å²) in [6.45, 7) is 0.0313. The second-order valence-electron chi connectivity index (χ2n) is 3.81. The molecule has 0 atom stereocenters. The predicted octanol–water partition coefficient (Wildman–Crippen LogP) is 3.40. The van der Waals surface area contributed by atoms with E-state index >= 15 is 0 Å². The van der Waals surface area contributed by atoms with Crippen molar-refractivity contribution < 1.29 is 5.11 Å². The minimum Gasteiger partial charge on any atom is -0.392 e. The summed E-state index contributed by atoms with van der Waals surface area (Å²) in [5.74, 6) is 0. The highest BCUT2D eigenvalue weighted by Gasteiger charge is 2.06. The van der Waals surface area contributed by atoms with Gasteiger partial charge in [0.15, 0.2) is 0 Å². The van der Waals surface area contributed by atoms with Crippen LogP contribution in [0.1, 0.15) is 11.1 Å². The van der Waals surface area contributed by atoms with Gasteiger partial charge in [0.2, 0.25) is 0 Å². The van der Waals surface area contributed by atoms with Crippen molar-refractivity contribution in [2.24, 2.45) is 0 Å². The van der Waals surface area contributed by atoms with Crippen molar-refractivity contribution in [3.8, 4) is 6.07 Å². The molecule has 18 heavy (non-hydrogen) atoms. The predicted molar refractivity (Wildman–Crippen MR) is 72.2 cm³/mol. The monoisotopic (exact) mass is 255 g/mol. The maximum Gasteiger partial charge on any atom is 0.0692 e. The first-order chi connectivity index (χ1) is 8.85. The van der Waals surface area contributed by atoms with Crippen LogP contribution in [-0.4, -0.2) is 5.11 Å². The van der Waals surface area contributed by atoms with Gasteiger partial charge in [0.05, 0.1) is 19.1 Å². The van der Waals surface area contributed by atoms with Gasteiger partial charge < -0.3 is 5.11 Å². The van der Waals surface area contributed by atoms with Crippen LogP contribution in [0.5, 0.6) is 0 Å². The normalized spacial score (nSPS) is 10.0. The molecule has 0 unspecified atom stereocenters. The molecule has 0 saturated carbocycles. The zero-order chi connectivity index (χ0) is 12.8. The van der Waals surface area contributed by atoms with Crippen molar-refractivity contribution in [1.29, 1.82) is 5.26 Å². The molecule has 0 aromatic heterocycles. The Hall–Kier alpha value is -1.76. The number of nitriles is 1. The Kier molecular flexibility index (Phi) is 4.40. The molecule has 1 N–H and O–H groups in total. The first-order valence-corrected chi connectivity index (χ1v) is 6.48. The molecule has 2 rings (SSSR count). The highest BCUT2D eigenvalue weighted by atomic mass is 32.2. The smallest absolute Gasteiger partial charge is 0.0692 e. The Morgan fingerprint density at radius 1 is 0.944 bits per heavy atom. The number of nitrogens with zero attached hydrogens (tertiary/aromatic N) is 1. The minimum atomic E-state index is 0.0313. The van der Waals surface area contributed by atoms with Crippen molar-refractivity contribution in [2.75, 3.05) is 0 Å². The van der Waals surface area contributed by atoms with Crippen molar-refractivity contribution in [1.82, 2.24) is 0 Å². The van der Waals surface area contributed by atoms with Crippen molar-refractivity contribution in [2.45, 2.75) is 22.8 Å². The number of aliphatic hydroxyl groups is 1. The minimum absolute atomic E-state index is 0.0313. The number of aliphatic hydroxyl groups excluding tert-OH is 1. The first-order valence-electron chi connectivity index (χ1n) is 5.66. The summed E-state index contributed by atoms with van der Waals surface area (Å²) in [4.78, 5) is 2.10. The second-order valence-corrected chi connectivity index (χ2v) is 4.89. The van der Waals surface area contributed by atoms with Crippen molar-refractivity contribution in [3.05, 3.63) is 59.7 Å². The Balaban J connectivity index is 2.31. The molecule has 0 fully saturated rings. The molecule has 0 amide bonds. The second kappa shape index (κ2) is 6.25. The van der Waals surface area contributed by atoms with E-state index < -0.39 is 0 Å². The lowest BCUT2D eigenvalue weighted by atomic mass is 10.2. The molecule has 90 valence electrons. The molecule has 2 nitrogen and oxygen atoms in total. The first kappa shape index (κ1) is 12.7. The van der Waals surface area contributed by atoms with E-state index in [9.17, 15) is 5.11 Å². The molecule has 0 bridgehead atoms. The summed E-state index contributed by atoms with van der Waals surface area (Å²) in [5.41, 5.74) is 1.94. The third-order valence-corrected chi connectivity index (χ3v) is 3.84. The highest BCUT2D eigenvalue weighted by molar-refractivity contribution is 7.99. The van der Waals surface area contributed by atoms with Gasteiger partial charge in [-0.05, 0) is 23.3 Å².